The average Bonchev–Trinajstić information content (AvgIpc) is 2.79. The van der Waals surface area contributed by atoms with Gasteiger partial charge in [0.25, 0.3) is 0 Å². The van der Waals surface area contributed by atoms with Crippen molar-refractivity contribution >= 4 is 5.96 Å². The van der Waals surface area contributed by atoms with Gasteiger partial charge in [-0.15, -0.1) is 0 Å². The number of guanidine groups is 1. The topological polar surface area (TPSA) is 39.7 Å². The molecule has 3 unspecified atom stereocenters. The first-order valence-electron chi connectivity index (χ1n) is 6.38. The van der Waals surface area contributed by atoms with E-state index in [1.165, 1.54) is 25.8 Å². The van der Waals surface area contributed by atoms with Crippen molar-refractivity contribution in [1.82, 2.24) is 15.5 Å². The molecule has 1 saturated carbocycles. The van der Waals surface area contributed by atoms with Gasteiger partial charge in [0.15, 0.2) is 5.96 Å². The van der Waals surface area contributed by atoms with Crippen LogP contribution in [0, 0.1) is 5.92 Å². The number of nitrogens with one attached hydrogen (secondary N) is 2. The van der Waals surface area contributed by atoms with Gasteiger partial charge in [0.05, 0.1) is 0 Å². The van der Waals surface area contributed by atoms with Crippen molar-refractivity contribution in [1.29, 1.82) is 0 Å². The zero-order chi connectivity index (χ0) is 11.5. The van der Waals surface area contributed by atoms with Gasteiger partial charge in [0.2, 0.25) is 0 Å². The van der Waals surface area contributed by atoms with Crippen molar-refractivity contribution in [3.8, 4) is 0 Å². The molecule has 2 fully saturated rings. The monoisotopic (exact) mass is 224 g/mol. The van der Waals surface area contributed by atoms with E-state index in [1.54, 1.807) is 0 Å². The minimum absolute atomic E-state index is 0.646. The minimum Gasteiger partial charge on any atom is -0.355 e. The van der Waals surface area contributed by atoms with Crippen LogP contribution in [0.4, 0.5) is 0 Å². The first kappa shape index (κ1) is 11.7. The Morgan fingerprint density at radius 1 is 1.50 bits per heavy atom. The smallest absolute Gasteiger partial charge is 0.191 e. The maximum absolute atomic E-state index is 4.26. The highest BCUT2D eigenvalue weighted by Crippen LogP contribution is 2.28. The zero-order valence-electron chi connectivity index (χ0n) is 10.7. The van der Waals surface area contributed by atoms with Gasteiger partial charge in [-0.3, -0.25) is 4.99 Å². The molecule has 4 heteroatoms. The maximum atomic E-state index is 4.26. The Hall–Kier alpha value is -0.770. The average molecular weight is 224 g/mol. The van der Waals surface area contributed by atoms with Crippen molar-refractivity contribution in [2.24, 2.45) is 10.9 Å². The standard InChI is InChI=1S/C12H24N4/c1-9-7-11(9)15-12(13-2)14-8-10-5-4-6-16(10)3/h9-11H,4-8H2,1-3H3,(H2,13,14,15). The van der Waals surface area contributed by atoms with E-state index < -0.39 is 0 Å². The SMILES string of the molecule is CN=C(NCC1CCCN1C)NC1CC1C. The molecular weight excluding hydrogens is 200 g/mol. The summed E-state index contributed by atoms with van der Waals surface area (Å²) in [5.74, 6) is 1.78. The lowest BCUT2D eigenvalue weighted by Crippen LogP contribution is -2.44. The first-order valence-corrected chi connectivity index (χ1v) is 6.38. The number of hydrogen-bond acceptors (Lipinski definition) is 2. The molecule has 3 atom stereocenters. The molecular formula is C12H24N4. The van der Waals surface area contributed by atoms with Crippen molar-refractivity contribution in [2.75, 3.05) is 27.2 Å². The number of rotatable bonds is 3. The maximum Gasteiger partial charge on any atom is 0.191 e. The molecule has 2 N–H and O–H groups in total. The van der Waals surface area contributed by atoms with Crippen LogP contribution in [0.3, 0.4) is 0 Å². The van der Waals surface area contributed by atoms with Crippen molar-refractivity contribution in [2.45, 2.75) is 38.3 Å². The third kappa shape index (κ3) is 2.88. The van der Waals surface area contributed by atoms with Crippen molar-refractivity contribution in [3.05, 3.63) is 0 Å². The molecule has 0 bridgehead atoms. The molecule has 92 valence electrons. The minimum atomic E-state index is 0.646. The Morgan fingerprint density at radius 2 is 2.25 bits per heavy atom. The third-order valence-electron chi connectivity index (χ3n) is 3.83. The molecule has 16 heavy (non-hydrogen) atoms. The number of aliphatic imine (C=N–C) groups is 1. The molecule has 0 radical (unpaired) electrons. The van der Waals surface area contributed by atoms with Gasteiger partial charge in [0.1, 0.15) is 0 Å². The van der Waals surface area contributed by atoms with Gasteiger partial charge in [0, 0.05) is 25.7 Å². The third-order valence-corrected chi connectivity index (χ3v) is 3.83. The van der Waals surface area contributed by atoms with Crippen molar-refractivity contribution < 1.29 is 0 Å². The fraction of sp³-hybridized carbons (Fsp3) is 0.917. The summed E-state index contributed by atoms with van der Waals surface area (Å²) in [7, 11) is 4.05. The van der Waals surface area contributed by atoms with E-state index >= 15 is 0 Å². The Morgan fingerprint density at radius 3 is 2.75 bits per heavy atom. The summed E-state index contributed by atoms with van der Waals surface area (Å²) in [6.45, 7) is 4.52. The van der Waals surface area contributed by atoms with E-state index in [2.05, 4.69) is 34.5 Å². The lowest BCUT2D eigenvalue weighted by molar-refractivity contribution is 0.309. The second kappa shape index (κ2) is 5.04. The molecule has 2 rings (SSSR count). The number of nitrogens with zero attached hydrogens (tertiary/aromatic N) is 2. The van der Waals surface area contributed by atoms with Crippen LogP contribution in [0.25, 0.3) is 0 Å². The van der Waals surface area contributed by atoms with E-state index in [-0.39, 0.29) is 0 Å². The van der Waals surface area contributed by atoms with Crippen molar-refractivity contribution in [3.63, 3.8) is 0 Å². The summed E-state index contributed by atoms with van der Waals surface area (Å²) in [5.41, 5.74) is 0. The molecule has 0 spiro atoms. The Balaban J connectivity index is 1.70. The van der Waals surface area contributed by atoms with Crippen LogP contribution in [-0.4, -0.2) is 50.1 Å². The van der Waals surface area contributed by atoms with E-state index in [4.69, 9.17) is 0 Å². The van der Waals surface area contributed by atoms with Crippen LogP contribution in [0.2, 0.25) is 0 Å². The summed E-state index contributed by atoms with van der Waals surface area (Å²) < 4.78 is 0. The first-order chi connectivity index (χ1) is 7.70. The van der Waals surface area contributed by atoms with E-state index in [1.807, 2.05) is 7.05 Å². The molecule has 0 amide bonds. The van der Waals surface area contributed by atoms with Crippen LogP contribution in [-0.2, 0) is 0 Å². The largest absolute Gasteiger partial charge is 0.355 e. The summed E-state index contributed by atoms with van der Waals surface area (Å²) in [6.07, 6.45) is 3.92. The van der Waals surface area contributed by atoms with Crippen LogP contribution in [0.1, 0.15) is 26.2 Å². The molecule has 1 saturated heterocycles. The van der Waals surface area contributed by atoms with E-state index in [0.717, 1.165) is 18.4 Å². The molecule has 1 aliphatic heterocycles. The zero-order valence-corrected chi connectivity index (χ0v) is 10.7. The molecule has 0 aromatic carbocycles. The van der Waals surface area contributed by atoms with Gasteiger partial charge < -0.3 is 15.5 Å². The summed E-state index contributed by atoms with van der Waals surface area (Å²) in [5, 5.41) is 6.88. The quantitative estimate of drug-likeness (QED) is 0.546. The van der Waals surface area contributed by atoms with Crippen LogP contribution in [0.5, 0.6) is 0 Å². The van der Waals surface area contributed by atoms with Crippen LogP contribution >= 0.6 is 0 Å². The molecule has 2 aliphatic rings. The number of likely N-dealkylation sites (tertiary alicyclic amines) is 1. The van der Waals surface area contributed by atoms with Gasteiger partial charge in [-0.2, -0.15) is 0 Å². The summed E-state index contributed by atoms with van der Waals surface area (Å²) in [6, 6.07) is 1.32. The fourth-order valence-electron chi connectivity index (χ4n) is 2.35. The molecule has 0 aromatic heterocycles. The predicted octanol–water partition coefficient (Wildman–Crippen LogP) is 0.654. The summed E-state index contributed by atoms with van der Waals surface area (Å²) in [4.78, 5) is 6.70. The molecule has 1 heterocycles. The highest BCUT2D eigenvalue weighted by Gasteiger charge is 2.33. The van der Waals surface area contributed by atoms with Gasteiger partial charge in [-0.25, -0.2) is 0 Å². The Kier molecular flexibility index (Phi) is 3.69. The van der Waals surface area contributed by atoms with Crippen LogP contribution in [0.15, 0.2) is 4.99 Å². The lowest BCUT2D eigenvalue weighted by Gasteiger charge is -2.21. The lowest BCUT2D eigenvalue weighted by atomic mass is 10.2. The molecule has 4 nitrogen and oxygen atoms in total. The second-order valence-corrected chi connectivity index (χ2v) is 5.19. The number of hydrogen-bond donors (Lipinski definition) is 2. The normalized spacial score (nSPS) is 35.2. The highest BCUT2D eigenvalue weighted by atomic mass is 15.2. The predicted molar refractivity (Wildman–Crippen MR) is 67.7 cm³/mol. The molecule has 0 aromatic rings. The Labute approximate surface area is 98.5 Å². The molecule has 1 aliphatic carbocycles. The van der Waals surface area contributed by atoms with Gasteiger partial charge in [-0.05, 0) is 38.8 Å². The van der Waals surface area contributed by atoms with Gasteiger partial charge >= 0.3 is 0 Å². The number of likely N-dealkylation sites (N-methyl/N-ethyl adjacent to an activating group) is 1. The van der Waals surface area contributed by atoms with E-state index in [0.29, 0.717) is 12.1 Å². The Bertz CT molecular complexity index is 264. The van der Waals surface area contributed by atoms with Gasteiger partial charge in [-0.1, -0.05) is 6.92 Å². The highest BCUT2D eigenvalue weighted by molar-refractivity contribution is 5.80. The van der Waals surface area contributed by atoms with E-state index in [9.17, 15) is 0 Å². The second-order valence-electron chi connectivity index (χ2n) is 5.19. The fourth-order valence-corrected chi connectivity index (χ4v) is 2.35. The van der Waals surface area contributed by atoms with Crippen LogP contribution < -0.4 is 10.6 Å². The summed E-state index contributed by atoms with van der Waals surface area (Å²) >= 11 is 0.